The van der Waals surface area contributed by atoms with Crippen molar-refractivity contribution in [2.24, 2.45) is 0 Å². The average molecular weight is 306 g/mol. The second-order valence-electron chi connectivity index (χ2n) is 5.06. The largest absolute Gasteiger partial charge is 0.397 e. The zero-order valence-corrected chi connectivity index (χ0v) is 13.3. The number of carbonyl (C=O) groups excluding carboxylic acids is 1. The number of nitrogens with zero attached hydrogens (tertiary/aromatic N) is 2. The van der Waals surface area contributed by atoms with Gasteiger partial charge < -0.3 is 15.2 Å². The summed E-state index contributed by atoms with van der Waals surface area (Å²) < 4.78 is 1.85. The van der Waals surface area contributed by atoms with Crippen LogP contribution in [0.5, 0.6) is 0 Å². The van der Waals surface area contributed by atoms with Crippen molar-refractivity contribution in [3.05, 3.63) is 52.8 Å². The number of amides is 1. The third-order valence-electron chi connectivity index (χ3n) is 3.73. The number of aromatic nitrogens is 1. The molecule has 2 rings (SSSR count). The Kier molecular flexibility index (Phi) is 4.58. The van der Waals surface area contributed by atoms with Gasteiger partial charge in [-0.05, 0) is 31.5 Å². The molecular formula is C16H20ClN3O. The van der Waals surface area contributed by atoms with Gasteiger partial charge >= 0.3 is 0 Å². The number of aryl methyl sites for hydroxylation is 1. The maximum absolute atomic E-state index is 12.7. The van der Waals surface area contributed by atoms with Gasteiger partial charge in [0.1, 0.15) is 5.69 Å². The van der Waals surface area contributed by atoms with Crippen LogP contribution in [0, 0.1) is 0 Å². The molecule has 21 heavy (non-hydrogen) atoms. The zero-order valence-electron chi connectivity index (χ0n) is 12.5. The number of anilines is 1. The van der Waals surface area contributed by atoms with Crippen LogP contribution in [-0.2, 0) is 6.54 Å². The van der Waals surface area contributed by atoms with Crippen molar-refractivity contribution in [3.8, 4) is 0 Å². The minimum absolute atomic E-state index is 0.0685. The fourth-order valence-corrected chi connectivity index (χ4v) is 2.65. The van der Waals surface area contributed by atoms with Gasteiger partial charge in [0.05, 0.1) is 11.7 Å². The van der Waals surface area contributed by atoms with Crippen molar-refractivity contribution in [2.75, 3.05) is 12.8 Å². The van der Waals surface area contributed by atoms with Crippen LogP contribution in [0.25, 0.3) is 0 Å². The molecule has 0 aliphatic heterocycles. The van der Waals surface area contributed by atoms with E-state index >= 15 is 0 Å². The summed E-state index contributed by atoms with van der Waals surface area (Å²) in [7, 11) is 1.78. The summed E-state index contributed by atoms with van der Waals surface area (Å²) in [5.74, 6) is -0.0685. The summed E-state index contributed by atoms with van der Waals surface area (Å²) in [5, 5.41) is 0.662. The third-order valence-corrected chi connectivity index (χ3v) is 4.08. The molecule has 2 aromatic rings. The second-order valence-corrected chi connectivity index (χ2v) is 5.47. The van der Waals surface area contributed by atoms with Crippen molar-refractivity contribution in [2.45, 2.75) is 26.4 Å². The lowest BCUT2D eigenvalue weighted by Gasteiger charge is -2.26. The highest BCUT2D eigenvalue weighted by molar-refractivity contribution is 6.31. The van der Waals surface area contributed by atoms with Crippen molar-refractivity contribution < 1.29 is 4.79 Å². The summed E-state index contributed by atoms with van der Waals surface area (Å²) in [6.07, 6.45) is 1.78. The third kappa shape index (κ3) is 3.05. The van der Waals surface area contributed by atoms with Crippen LogP contribution in [-0.4, -0.2) is 22.4 Å². The van der Waals surface area contributed by atoms with Gasteiger partial charge in [0.25, 0.3) is 5.91 Å². The topological polar surface area (TPSA) is 51.3 Å². The van der Waals surface area contributed by atoms with E-state index in [1.54, 1.807) is 24.2 Å². The monoisotopic (exact) mass is 305 g/mol. The fraction of sp³-hybridized carbons (Fsp3) is 0.312. The van der Waals surface area contributed by atoms with Gasteiger partial charge in [-0.3, -0.25) is 4.79 Å². The molecule has 1 aromatic heterocycles. The number of rotatable bonds is 4. The number of nitrogen functional groups attached to an aromatic ring is 1. The number of halogens is 1. The predicted octanol–water partition coefficient (Wildman–Crippen LogP) is 3.58. The molecule has 2 N–H and O–H groups in total. The Hall–Kier alpha value is -1.94. The summed E-state index contributed by atoms with van der Waals surface area (Å²) in [4.78, 5) is 14.4. The molecule has 0 saturated heterocycles. The van der Waals surface area contributed by atoms with Crippen molar-refractivity contribution in [1.82, 2.24) is 9.47 Å². The highest BCUT2D eigenvalue weighted by Gasteiger charge is 2.23. The van der Waals surface area contributed by atoms with Crippen LogP contribution >= 0.6 is 11.6 Å². The number of nitrogens with two attached hydrogens (primary N) is 1. The van der Waals surface area contributed by atoms with E-state index in [1.165, 1.54) is 0 Å². The number of carbonyl (C=O) groups is 1. The molecule has 0 saturated carbocycles. The van der Waals surface area contributed by atoms with Crippen LogP contribution in [0.4, 0.5) is 5.69 Å². The smallest absolute Gasteiger partial charge is 0.270 e. The summed E-state index contributed by atoms with van der Waals surface area (Å²) in [6, 6.07) is 9.16. The maximum Gasteiger partial charge on any atom is 0.270 e. The van der Waals surface area contributed by atoms with E-state index in [9.17, 15) is 4.79 Å². The number of hydrogen-bond donors (Lipinski definition) is 1. The van der Waals surface area contributed by atoms with Gasteiger partial charge in [0.15, 0.2) is 0 Å². The van der Waals surface area contributed by atoms with Crippen LogP contribution in [0.15, 0.2) is 36.5 Å². The molecule has 0 radical (unpaired) electrons. The summed E-state index contributed by atoms with van der Waals surface area (Å²) >= 11 is 6.21. The molecule has 1 amide bonds. The highest BCUT2D eigenvalue weighted by Crippen LogP contribution is 2.27. The molecule has 0 aliphatic carbocycles. The van der Waals surface area contributed by atoms with E-state index in [0.717, 1.165) is 5.56 Å². The van der Waals surface area contributed by atoms with Crippen LogP contribution in [0.3, 0.4) is 0 Å². The minimum Gasteiger partial charge on any atom is -0.397 e. The number of benzene rings is 1. The number of hydrogen-bond acceptors (Lipinski definition) is 2. The molecule has 1 unspecified atom stereocenters. The van der Waals surface area contributed by atoms with Crippen molar-refractivity contribution >= 4 is 23.2 Å². The Bertz CT molecular complexity index is 651. The molecule has 0 aliphatic rings. The SMILES string of the molecule is CCn1cc(N)cc1C(=O)N(C)C(C)c1ccccc1Cl. The normalized spacial score (nSPS) is 12.2. The van der Waals surface area contributed by atoms with E-state index in [2.05, 4.69) is 0 Å². The van der Waals surface area contributed by atoms with E-state index in [1.807, 2.05) is 42.7 Å². The van der Waals surface area contributed by atoms with Gasteiger partial charge in [0, 0.05) is 24.8 Å². The first-order valence-corrected chi connectivity index (χ1v) is 7.30. The summed E-state index contributed by atoms with van der Waals surface area (Å²) in [5.41, 5.74) is 7.91. The van der Waals surface area contributed by atoms with Gasteiger partial charge in [-0.15, -0.1) is 0 Å². The highest BCUT2D eigenvalue weighted by atomic mass is 35.5. The molecule has 1 aromatic carbocycles. The Labute approximate surface area is 130 Å². The van der Waals surface area contributed by atoms with E-state index in [0.29, 0.717) is 22.9 Å². The first-order chi connectivity index (χ1) is 9.95. The van der Waals surface area contributed by atoms with Crippen LogP contribution in [0.1, 0.15) is 35.9 Å². The summed E-state index contributed by atoms with van der Waals surface area (Å²) in [6.45, 7) is 4.64. The maximum atomic E-state index is 12.7. The first kappa shape index (κ1) is 15.4. The Morgan fingerprint density at radius 3 is 2.71 bits per heavy atom. The first-order valence-electron chi connectivity index (χ1n) is 6.93. The molecule has 0 fully saturated rings. The zero-order chi connectivity index (χ0) is 15.6. The molecule has 1 heterocycles. The van der Waals surface area contributed by atoms with Gasteiger partial charge in [-0.1, -0.05) is 29.8 Å². The fourth-order valence-electron chi connectivity index (χ4n) is 2.35. The van der Waals surface area contributed by atoms with Gasteiger partial charge in [-0.2, -0.15) is 0 Å². The standard InChI is InChI=1S/C16H20ClN3O/c1-4-20-10-12(18)9-15(20)16(21)19(3)11(2)13-7-5-6-8-14(13)17/h5-11H,4,18H2,1-3H3. The molecule has 0 bridgehead atoms. The van der Waals surface area contributed by atoms with Crippen molar-refractivity contribution in [3.63, 3.8) is 0 Å². The molecule has 5 heteroatoms. The Balaban J connectivity index is 2.28. The molecule has 0 spiro atoms. The minimum atomic E-state index is -0.118. The Morgan fingerprint density at radius 2 is 2.10 bits per heavy atom. The molecule has 1 atom stereocenters. The Morgan fingerprint density at radius 1 is 1.43 bits per heavy atom. The van der Waals surface area contributed by atoms with Crippen molar-refractivity contribution in [1.29, 1.82) is 0 Å². The lowest BCUT2D eigenvalue weighted by atomic mass is 10.1. The van der Waals surface area contributed by atoms with Gasteiger partial charge in [0.2, 0.25) is 0 Å². The van der Waals surface area contributed by atoms with E-state index < -0.39 is 0 Å². The lowest BCUT2D eigenvalue weighted by Crippen LogP contribution is -2.31. The predicted molar refractivity (Wildman–Crippen MR) is 86.5 cm³/mol. The van der Waals surface area contributed by atoms with E-state index in [4.69, 9.17) is 17.3 Å². The molecule has 112 valence electrons. The quantitative estimate of drug-likeness (QED) is 0.938. The average Bonchev–Trinajstić information content (AvgIpc) is 2.86. The van der Waals surface area contributed by atoms with Crippen LogP contribution < -0.4 is 5.73 Å². The van der Waals surface area contributed by atoms with Crippen LogP contribution in [0.2, 0.25) is 5.02 Å². The molecule has 4 nitrogen and oxygen atoms in total. The lowest BCUT2D eigenvalue weighted by molar-refractivity contribution is 0.0732. The second kappa shape index (κ2) is 6.22. The van der Waals surface area contributed by atoms with Gasteiger partial charge in [-0.25, -0.2) is 0 Å². The van der Waals surface area contributed by atoms with E-state index in [-0.39, 0.29) is 11.9 Å². The molecular weight excluding hydrogens is 286 g/mol.